The first kappa shape index (κ1) is 32.0. The van der Waals surface area contributed by atoms with E-state index in [9.17, 15) is 4.79 Å². The zero-order valence-corrected chi connectivity index (χ0v) is 25.2. The number of pyridine rings is 1. The van der Waals surface area contributed by atoms with Crippen LogP contribution in [0.15, 0.2) is 66.2 Å². The highest BCUT2D eigenvalue weighted by Crippen LogP contribution is 2.40. The summed E-state index contributed by atoms with van der Waals surface area (Å²) in [6, 6.07) is 8.50. The van der Waals surface area contributed by atoms with Crippen LogP contribution in [-0.2, 0) is 4.74 Å². The van der Waals surface area contributed by atoms with Gasteiger partial charge in [0.25, 0.3) is 11.8 Å². The number of ether oxygens (including phenoxy) is 1. The summed E-state index contributed by atoms with van der Waals surface area (Å²) in [4.78, 5) is 19.9. The Morgan fingerprint density at radius 1 is 1.27 bits per heavy atom. The van der Waals surface area contributed by atoms with Gasteiger partial charge in [-0.25, -0.2) is 8.78 Å². The number of aryl methyl sites for hydroxylation is 1. The third-order valence-electron chi connectivity index (χ3n) is 7.27. The van der Waals surface area contributed by atoms with Gasteiger partial charge >= 0.3 is 0 Å². The first-order valence-corrected chi connectivity index (χ1v) is 13.8. The molecule has 1 saturated heterocycles. The summed E-state index contributed by atoms with van der Waals surface area (Å²) in [5.74, 6) is -3.90. The molecule has 3 rings (SSSR count). The SMILES string of the molecule is CNC(/C=C\Nc1ccnc(C)c1/C=C(\C)CN1CCC(c2ccc(C(=O)N(C)C)cc2)C(F)(F)C1)=C/C(C)OC. The second-order valence-corrected chi connectivity index (χ2v) is 10.8. The van der Waals surface area contributed by atoms with Crippen molar-refractivity contribution in [3.63, 3.8) is 0 Å². The molecule has 2 heterocycles. The van der Waals surface area contributed by atoms with Gasteiger partial charge < -0.3 is 20.3 Å². The van der Waals surface area contributed by atoms with Crippen molar-refractivity contribution in [3.05, 3.63) is 88.5 Å². The number of piperidine rings is 1. The summed E-state index contributed by atoms with van der Waals surface area (Å²) in [6.07, 6.45) is 9.82. The molecule has 41 heavy (non-hydrogen) atoms. The van der Waals surface area contributed by atoms with Gasteiger partial charge in [0.1, 0.15) is 0 Å². The quantitative estimate of drug-likeness (QED) is 0.341. The Kier molecular flexibility index (Phi) is 11.2. The first-order valence-electron chi connectivity index (χ1n) is 13.8. The number of methoxy groups -OCH3 is 1. The minimum absolute atomic E-state index is 0.0248. The molecule has 0 saturated carbocycles. The molecule has 1 aliphatic heterocycles. The Hall–Kier alpha value is -3.56. The molecule has 7 nitrogen and oxygen atoms in total. The largest absolute Gasteiger partial charge is 0.388 e. The molecule has 2 unspecified atom stereocenters. The van der Waals surface area contributed by atoms with Crippen LogP contribution in [0.1, 0.15) is 53.4 Å². The second kappa shape index (κ2) is 14.4. The van der Waals surface area contributed by atoms with Gasteiger partial charge in [-0.15, -0.1) is 0 Å². The number of alkyl halides is 2. The number of halogens is 2. The van der Waals surface area contributed by atoms with Crippen molar-refractivity contribution >= 4 is 17.7 Å². The normalized spacial score (nSPS) is 18.8. The molecule has 1 amide bonds. The van der Waals surface area contributed by atoms with Crippen LogP contribution >= 0.6 is 0 Å². The third kappa shape index (κ3) is 8.71. The molecule has 2 aromatic rings. The molecule has 0 radical (unpaired) electrons. The zero-order chi connectivity index (χ0) is 30.2. The number of anilines is 1. The van der Waals surface area contributed by atoms with Crippen LogP contribution in [0.3, 0.4) is 0 Å². The summed E-state index contributed by atoms with van der Waals surface area (Å²) in [5.41, 5.74) is 5.59. The van der Waals surface area contributed by atoms with Crippen molar-refractivity contribution < 1.29 is 18.3 Å². The number of aromatic nitrogens is 1. The first-order chi connectivity index (χ1) is 19.4. The number of hydrogen-bond donors (Lipinski definition) is 2. The third-order valence-corrected chi connectivity index (χ3v) is 7.27. The van der Waals surface area contributed by atoms with Crippen molar-refractivity contribution in [2.24, 2.45) is 0 Å². The van der Waals surface area contributed by atoms with Gasteiger partial charge in [0.2, 0.25) is 0 Å². The van der Waals surface area contributed by atoms with Gasteiger partial charge in [-0.3, -0.25) is 14.7 Å². The molecular weight excluding hydrogens is 524 g/mol. The van der Waals surface area contributed by atoms with Crippen molar-refractivity contribution in [1.29, 1.82) is 0 Å². The molecule has 2 N–H and O–H groups in total. The maximum Gasteiger partial charge on any atom is 0.267 e. The Morgan fingerprint density at radius 2 is 1.98 bits per heavy atom. The molecule has 0 bridgehead atoms. The fraction of sp³-hybridized carbons (Fsp3) is 0.438. The Morgan fingerprint density at radius 3 is 2.59 bits per heavy atom. The molecular formula is C32H43F2N5O2. The number of likely N-dealkylation sites (N-methyl/N-ethyl adjacent to an activating group) is 1. The number of carbonyl (C=O) groups excluding carboxylic acids is 1. The second-order valence-electron chi connectivity index (χ2n) is 10.8. The van der Waals surface area contributed by atoms with E-state index in [0.29, 0.717) is 30.6 Å². The van der Waals surface area contributed by atoms with Crippen LogP contribution in [0, 0.1) is 6.92 Å². The van der Waals surface area contributed by atoms with Crippen molar-refractivity contribution in [2.45, 2.75) is 45.1 Å². The number of amides is 1. The smallest absolute Gasteiger partial charge is 0.267 e. The lowest BCUT2D eigenvalue weighted by Crippen LogP contribution is -2.47. The highest BCUT2D eigenvalue weighted by molar-refractivity contribution is 5.93. The summed E-state index contributed by atoms with van der Waals surface area (Å²) in [6.45, 7) is 6.53. The van der Waals surface area contributed by atoms with Gasteiger partial charge in [-0.2, -0.15) is 0 Å². The minimum atomic E-state index is -2.88. The standard InChI is InChI=1S/C32H43F2N5O2/c1-22(18-28-24(3)36-16-13-30(28)37-15-12-27(35-4)19-23(2)41-7)20-39-17-14-29(32(33,34)21-39)25-8-10-26(11-9-25)31(40)38(5)6/h8-13,15-16,18-19,23,29,35H,14,17,20-21H2,1-7H3,(H,36,37)/b15-12-,22-18+,27-19+. The van der Waals surface area contributed by atoms with Crippen LogP contribution in [-0.4, -0.2) is 80.6 Å². The van der Waals surface area contributed by atoms with Crippen molar-refractivity contribution in [2.75, 3.05) is 53.2 Å². The number of nitrogens with zero attached hydrogens (tertiary/aromatic N) is 3. The molecule has 1 aromatic heterocycles. The van der Waals surface area contributed by atoms with Gasteiger partial charge in [0, 0.05) is 75.4 Å². The van der Waals surface area contributed by atoms with Gasteiger partial charge in [-0.05, 0) is 69.7 Å². The minimum Gasteiger partial charge on any atom is -0.388 e. The zero-order valence-electron chi connectivity index (χ0n) is 25.2. The van der Waals surface area contributed by atoms with Crippen molar-refractivity contribution in [1.82, 2.24) is 20.1 Å². The molecule has 222 valence electrons. The van der Waals surface area contributed by atoms with Crippen LogP contribution in [0.25, 0.3) is 6.08 Å². The number of rotatable bonds is 11. The number of allylic oxidation sites excluding steroid dienone is 1. The number of likely N-dealkylation sites (tertiary alicyclic amines) is 1. The predicted octanol–water partition coefficient (Wildman–Crippen LogP) is 5.68. The maximum atomic E-state index is 15.4. The van der Waals surface area contributed by atoms with E-state index in [0.717, 1.165) is 28.2 Å². The number of benzene rings is 1. The predicted molar refractivity (Wildman–Crippen MR) is 162 cm³/mol. The lowest BCUT2D eigenvalue weighted by Gasteiger charge is -2.38. The lowest BCUT2D eigenvalue weighted by atomic mass is 9.85. The summed E-state index contributed by atoms with van der Waals surface area (Å²) < 4.78 is 36.0. The summed E-state index contributed by atoms with van der Waals surface area (Å²) >= 11 is 0. The van der Waals surface area contributed by atoms with Gasteiger partial charge in [0.15, 0.2) is 0 Å². The average molecular weight is 568 g/mol. The van der Waals surface area contributed by atoms with E-state index in [2.05, 4.69) is 15.6 Å². The van der Waals surface area contributed by atoms with Crippen LogP contribution in [0.2, 0.25) is 0 Å². The Labute approximate surface area is 243 Å². The van der Waals surface area contributed by atoms with Crippen LogP contribution in [0.5, 0.6) is 0 Å². The van der Waals surface area contributed by atoms with E-state index in [1.165, 1.54) is 4.90 Å². The molecule has 2 atom stereocenters. The molecule has 1 fully saturated rings. The Balaban J connectivity index is 1.69. The van der Waals surface area contributed by atoms with Gasteiger partial charge in [0.05, 0.1) is 18.6 Å². The van der Waals surface area contributed by atoms with E-state index in [1.54, 1.807) is 51.7 Å². The van der Waals surface area contributed by atoms with E-state index in [-0.39, 0.29) is 18.6 Å². The van der Waals surface area contributed by atoms with Gasteiger partial charge in [-0.1, -0.05) is 23.8 Å². The maximum absolute atomic E-state index is 15.4. The topological polar surface area (TPSA) is 69.7 Å². The van der Waals surface area contributed by atoms with E-state index < -0.39 is 11.8 Å². The van der Waals surface area contributed by atoms with Crippen LogP contribution < -0.4 is 10.6 Å². The highest BCUT2D eigenvalue weighted by Gasteiger charge is 2.45. The number of hydrogen-bond acceptors (Lipinski definition) is 6. The molecule has 0 spiro atoms. The van der Waals surface area contributed by atoms with E-state index in [1.807, 2.05) is 63.2 Å². The molecule has 0 aliphatic carbocycles. The van der Waals surface area contributed by atoms with E-state index >= 15 is 8.78 Å². The lowest BCUT2D eigenvalue weighted by molar-refractivity contribution is -0.0805. The highest BCUT2D eigenvalue weighted by atomic mass is 19.3. The Bertz CT molecular complexity index is 1270. The van der Waals surface area contributed by atoms with Crippen LogP contribution in [0.4, 0.5) is 14.5 Å². The summed E-state index contributed by atoms with van der Waals surface area (Å²) in [5, 5.41) is 6.47. The molecule has 1 aromatic carbocycles. The number of nitrogens with one attached hydrogen (secondary N) is 2. The van der Waals surface area contributed by atoms with Crippen molar-refractivity contribution in [3.8, 4) is 0 Å². The monoisotopic (exact) mass is 567 g/mol. The fourth-order valence-electron chi connectivity index (χ4n) is 4.97. The average Bonchev–Trinajstić information content (AvgIpc) is 2.93. The molecule has 9 heteroatoms. The van der Waals surface area contributed by atoms with E-state index in [4.69, 9.17) is 4.74 Å². The molecule has 1 aliphatic rings. The summed E-state index contributed by atoms with van der Waals surface area (Å²) in [7, 11) is 6.85. The fourth-order valence-corrected chi connectivity index (χ4v) is 4.97. The number of carbonyl (C=O) groups is 1.